The van der Waals surface area contributed by atoms with Gasteiger partial charge in [0.05, 0.1) is 0 Å². The maximum Gasteiger partial charge on any atom is 0.272 e. The molecule has 2 unspecified atom stereocenters. The van der Waals surface area contributed by atoms with Crippen molar-refractivity contribution in [1.29, 1.82) is 0 Å². The van der Waals surface area contributed by atoms with Gasteiger partial charge in [0.1, 0.15) is 6.17 Å². The summed E-state index contributed by atoms with van der Waals surface area (Å²) in [5.74, 6) is 0.0426. The minimum atomic E-state index is -3.29. The summed E-state index contributed by atoms with van der Waals surface area (Å²) in [5, 5.41) is -0.148. The van der Waals surface area contributed by atoms with Gasteiger partial charge >= 0.3 is 0 Å². The third-order valence-electron chi connectivity index (χ3n) is 1.53. The van der Waals surface area contributed by atoms with Crippen molar-refractivity contribution in [3.05, 3.63) is 0 Å². The molecule has 0 heterocycles. The molecule has 6 heteroatoms. The van der Waals surface area contributed by atoms with Crippen LogP contribution in [0.3, 0.4) is 0 Å². The van der Waals surface area contributed by atoms with Gasteiger partial charge in [-0.3, -0.25) is 4.79 Å². The van der Waals surface area contributed by atoms with Gasteiger partial charge < -0.3 is 0 Å². The molecule has 0 aromatic rings. The minimum Gasteiger partial charge on any atom is -0.287 e. The van der Waals surface area contributed by atoms with E-state index in [1.165, 1.54) is 0 Å². The molecule has 0 aliphatic carbocycles. The highest BCUT2D eigenvalue weighted by Crippen LogP contribution is 2.18. The van der Waals surface area contributed by atoms with Crippen LogP contribution in [0.25, 0.3) is 0 Å². The molecule has 14 heavy (non-hydrogen) atoms. The number of halogens is 4. The average Bonchev–Trinajstić information content (AvgIpc) is 2.15. The first-order valence-electron chi connectivity index (χ1n) is 4.21. The summed E-state index contributed by atoms with van der Waals surface area (Å²) in [5.41, 5.74) is 0. The highest BCUT2D eigenvalue weighted by atomic mass is 32.2. The van der Waals surface area contributed by atoms with Gasteiger partial charge in [-0.2, -0.15) is 0 Å². The summed E-state index contributed by atoms with van der Waals surface area (Å²) in [6.45, 7) is 1.64. The van der Waals surface area contributed by atoms with Crippen LogP contribution < -0.4 is 0 Å². The summed E-state index contributed by atoms with van der Waals surface area (Å²) in [4.78, 5) is 10.7. The number of thioether (sulfide) groups is 1. The second kappa shape index (κ2) is 7.09. The van der Waals surface area contributed by atoms with Gasteiger partial charge in [-0.25, -0.2) is 17.6 Å². The Morgan fingerprint density at radius 1 is 1.29 bits per heavy atom. The zero-order valence-corrected chi connectivity index (χ0v) is 8.50. The maximum atomic E-state index is 12.6. The molecule has 1 nitrogen and oxygen atoms in total. The van der Waals surface area contributed by atoms with Crippen LogP contribution >= 0.6 is 11.8 Å². The van der Waals surface area contributed by atoms with E-state index in [2.05, 4.69) is 0 Å². The van der Waals surface area contributed by atoms with Gasteiger partial charge in [0.25, 0.3) is 6.43 Å². The predicted octanol–water partition coefficient (Wildman–Crippen LogP) is 2.99. The van der Waals surface area contributed by atoms with E-state index in [1.54, 1.807) is 6.92 Å². The fourth-order valence-electron chi connectivity index (χ4n) is 0.704. The van der Waals surface area contributed by atoms with Crippen LogP contribution in [0.4, 0.5) is 17.6 Å². The lowest BCUT2D eigenvalue weighted by atomic mass is 10.2. The van der Waals surface area contributed by atoms with Gasteiger partial charge in [0.2, 0.25) is 0 Å². The Kier molecular flexibility index (Phi) is 6.96. The van der Waals surface area contributed by atoms with Crippen LogP contribution in [-0.2, 0) is 4.79 Å². The van der Waals surface area contributed by atoms with Crippen LogP contribution in [0.15, 0.2) is 0 Å². The van der Waals surface area contributed by atoms with Crippen molar-refractivity contribution >= 4 is 16.9 Å². The molecule has 0 aromatic carbocycles. The Labute approximate surface area is 84.2 Å². The largest absolute Gasteiger partial charge is 0.287 e. The summed E-state index contributed by atoms with van der Waals surface area (Å²) in [6.07, 6.45) is -8.28. The number of alkyl halides is 4. The number of carbonyl (C=O) groups excluding carboxylic acids is 1. The molecular formula is C8H12F4OS. The second-order valence-corrected chi connectivity index (χ2v) is 3.81. The third kappa shape index (κ3) is 5.47. The fraction of sp³-hybridized carbons (Fsp3) is 0.875. The van der Waals surface area contributed by atoms with Gasteiger partial charge in [-0.15, -0.1) is 0 Å². The zero-order valence-electron chi connectivity index (χ0n) is 7.68. The normalized spacial score (nSPS) is 15.6. The summed E-state index contributed by atoms with van der Waals surface area (Å²) in [6, 6.07) is 0. The molecule has 0 spiro atoms. The van der Waals surface area contributed by atoms with Crippen LogP contribution in [0.5, 0.6) is 0 Å². The van der Waals surface area contributed by atoms with E-state index in [0.29, 0.717) is 6.42 Å². The smallest absolute Gasteiger partial charge is 0.272 e. The van der Waals surface area contributed by atoms with Crippen LogP contribution in [0.1, 0.15) is 19.8 Å². The van der Waals surface area contributed by atoms with Crippen molar-refractivity contribution in [2.45, 2.75) is 38.5 Å². The number of hydrogen-bond donors (Lipinski definition) is 0. The number of rotatable bonds is 6. The Morgan fingerprint density at radius 2 is 1.86 bits per heavy atom. The molecule has 84 valence electrons. The van der Waals surface area contributed by atoms with Gasteiger partial charge in [0, 0.05) is 12.2 Å². The summed E-state index contributed by atoms with van der Waals surface area (Å²) >= 11 is 0.843. The van der Waals surface area contributed by atoms with E-state index in [0.717, 1.165) is 11.8 Å². The summed E-state index contributed by atoms with van der Waals surface area (Å²) < 4.78 is 48.2. The van der Waals surface area contributed by atoms with E-state index in [9.17, 15) is 22.4 Å². The van der Waals surface area contributed by atoms with E-state index >= 15 is 0 Å². The van der Waals surface area contributed by atoms with E-state index < -0.39 is 18.8 Å². The molecule has 0 bridgehead atoms. The second-order valence-electron chi connectivity index (χ2n) is 2.66. The molecule has 2 atom stereocenters. The van der Waals surface area contributed by atoms with E-state index in [-0.39, 0.29) is 17.3 Å². The quantitative estimate of drug-likeness (QED) is 0.655. The van der Waals surface area contributed by atoms with E-state index in [1.807, 2.05) is 0 Å². The van der Waals surface area contributed by atoms with Crippen LogP contribution in [0.2, 0.25) is 0 Å². The number of carbonyl (C=O) groups is 1. The van der Waals surface area contributed by atoms with Crippen LogP contribution in [-0.4, -0.2) is 29.6 Å². The predicted molar refractivity (Wildman–Crippen MR) is 48.2 cm³/mol. The highest BCUT2D eigenvalue weighted by molar-refractivity contribution is 8.13. The SMILES string of the molecule is CCC(=O)SCCC(F)C(F)C(F)F. The Balaban J connectivity index is 3.63. The lowest BCUT2D eigenvalue weighted by Gasteiger charge is -2.11. The molecule has 0 rings (SSSR count). The lowest BCUT2D eigenvalue weighted by Crippen LogP contribution is -2.25. The Hall–Kier alpha value is -0.260. The van der Waals surface area contributed by atoms with Crippen molar-refractivity contribution in [2.24, 2.45) is 0 Å². The van der Waals surface area contributed by atoms with Crippen LogP contribution in [0, 0.1) is 0 Å². The standard InChI is InChI=1S/C8H12F4OS/c1-2-6(13)14-4-3-5(9)7(10)8(11)12/h5,7-8H,2-4H2,1H3. The molecule has 0 radical (unpaired) electrons. The first-order valence-corrected chi connectivity index (χ1v) is 5.19. The van der Waals surface area contributed by atoms with Crippen molar-refractivity contribution in [1.82, 2.24) is 0 Å². The average molecular weight is 232 g/mol. The number of hydrogen-bond acceptors (Lipinski definition) is 2. The zero-order chi connectivity index (χ0) is 11.1. The fourth-order valence-corrected chi connectivity index (χ4v) is 1.48. The van der Waals surface area contributed by atoms with Crippen molar-refractivity contribution in [2.75, 3.05) is 5.75 Å². The highest BCUT2D eigenvalue weighted by Gasteiger charge is 2.29. The molecule has 0 saturated heterocycles. The molecule has 0 fully saturated rings. The van der Waals surface area contributed by atoms with Gasteiger partial charge in [0.15, 0.2) is 11.3 Å². The molecule has 0 aliphatic rings. The lowest BCUT2D eigenvalue weighted by molar-refractivity contribution is -0.110. The van der Waals surface area contributed by atoms with Gasteiger partial charge in [-0.05, 0) is 6.42 Å². The Bertz CT molecular complexity index is 177. The maximum absolute atomic E-state index is 12.6. The summed E-state index contributed by atoms with van der Waals surface area (Å²) in [7, 11) is 0. The first-order chi connectivity index (χ1) is 6.49. The molecular weight excluding hydrogens is 220 g/mol. The van der Waals surface area contributed by atoms with E-state index in [4.69, 9.17) is 0 Å². The monoisotopic (exact) mass is 232 g/mol. The van der Waals surface area contributed by atoms with Crippen molar-refractivity contribution < 1.29 is 22.4 Å². The molecule has 0 amide bonds. The molecule has 0 saturated carbocycles. The van der Waals surface area contributed by atoms with Crippen molar-refractivity contribution in [3.63, 3.8) is 0 Å². The Morgan fingerprint density at radius 3 is 2.29 bits per heavy atom. The molecule has 0 aromatic heterocycles. The topological polar surface area (TPSA) is 17.1 Å². The molecule has 0 N–H and O–H groups in total. The first kappa shape index (κ1) is 13.7. The molecule has 0 aliphatic heterocycles. The van der Waals surface area contributed by atoms with Gasteiger partial charge in [-0.1, -0.05) is 18.7 Å². The third-order valence-corrected chi connectivity index (χ3v) is 2.58. The van der Waals surface area contributed by atoms with Crippen molar-refractivity contribution in [3.8, 4) is 0 Å². The minimum absolute atomic E-state index is 0.0426.